The molecular formula is C16H26N2O2S. The van der Waals surface area contributed by atoms with Crippen LogP contribution in [0.25, 0.3) is 0 Å². The Bertz CT molecular complexity index is 433. The minimum atomic E-state index is -0.0643. The number of hydrogen-bond donors (Lipinski definition) is 1. The molecule has 0 radical (unpaired) electrons. The van der Waals surface area contributed by atoms with Crippen LogP contribution in [0.4, 0.5) is 0 Å². The molecule has 1 aliphatic rings. The summed E-state index contributed by atoms with van der Waals surface area (Å²) in [5.74, 6) is 0.851. The van der Waals surface area contributed by atoms with E-state index in [9.17, 15) is 4.79 Å². The maximum atomic E-state index is 12.4. The van der Waals surface area contributed by atoms with Gasteiger partial charge in [-0.1, -0.05) is 20.8 Å². The Morgan fingerprint density at radius 1 is 1.43 bits per heavy atom. The van der Waals surface area contributed by atoms with E-state index in [1.165, 1.54) is 5.56 Å². The molecule has 2 heterocycles. The first-order valence-corrected chi connectivity index (χ1v) is 8.74. The molecule has 118 valence electrons. The van der Waals surface area contributed by atoms with Crippen LogP contribution >= 0.6 is 11.3 Å². The van der Waals surface area contributed by atoms with E-state index in [4.69, 9.17) is 4.74 Å². The zero-order valence-electron chi connectivity index (χ0n) is 13.2. The Balaban J connectivity index is 1.89. The van der Waals surface area contributed by atoms with E-state index in [0.717, 1.165) is 19.4 Å². The zero-order chi connectivity index (χ0) is 15.2. The van der Waals surface area contributed by atoms with Crippen LogP contribution in [0, 0.1) is 5.92 Å². The number of carbonyl (C=O) groups excluding carboxylic acids is 1. The lowest BCUT2D eigenvalue weighted by atomic mass is 10.1. The molecule has 1 aromatic rings. The van der Waals surface area contributed by atoms with Gasteiger partial charge in [0.1, 0.15) is 6.17 Å². The van der Waals surface area contributed by atoms with Crippen LogP contribution in [0.15, 0.2) is 16.8 Å². The molecular weight excluding hydrogens is 284 g/mol. The molecule has 1 amide bonds. The number of ether oxygens (including phenoxy) is 1. The third-order valence-electron chi connectivity index (χ3n) is 3.84. The van der Waals surface area contributed by atoms with Gasteiger partial charge >= 0.3 is 0 Å². The molecule has 2 rings (SSSR count). The summed E-state index contributed by atoms with van der Waals surface area (Å²) in [5, 5.41) is 7.59. The second kappa shape index (κ2) is 7.92. The molecule has 0 bridgehead atoms. The highest BCUT2D eigenvalue weighted by atomic mass is 32.1. The zero-order valence-corrected chi connectivity index (χ0v) is 14.0. The Kier molecular flexibility index (Phi) is 6.21. The number of thiophene rings is 1. The first-order chi connectivity index (χ1) is 10.1. The summed E-state index contributed by atoms with van der Waals surface area (Å²) < 4.78 is 5.67. The number of rotatable bonds is 8. The molecule has 1 N–H and O–H groups in total. The summed E-state index contributed by atoms with van der Waals surface area (Å²) in [7, 11) is 0. The highest BCUT2D eigenvalue weighted by Crippen LogP contribution is 2.27. The number of hydrogen-bond acceptors (Lipinski definition) is 4. The van der Waals surface area contributed by atoms with Gasteiger partial charge in [-0.15, -0.1) is 0 Å². The summed E-state index contributed by atoms with van der Waals surface area (Å²) in [4.78, 5) is 14.3. The van der Waals surface area contributed by atoms with Gasteiger partial charge < -0.3 is 9.64 Å². The third-order valence-corrected chi connectivity index (χ3v) is 4.54. The lowest BCUT2D eigenvalue weighted by Gasteiger charge is -2.23. The Morgan fingerprint density at radius 3 is 2.86 bits per heavy atom. The highest BCUT2D eigenvalue weighted by Gasteiger charge is 2.38. The maximum absolute atomic E-state index is 12.4. The molecule has 1 aliphatic heterocycles. The van der Waals surface area contributed by atoms with Crippen molar-refractivity contribution in [2.45, 2.75) is 45.8 Å². The van der Waals surface area contributed by atoms with E-state index in [1.807, 2.05) is 11.8 Å². The van der Waals surface area contributed by atoms with Gasteiger partial charge in [0.2, 0.25) is 5.91 Å². The standard InChI is InChI=1S/C16H26N2O2S/c1-4-14-16(19)18(7-9-20-8-5-12(2)3)15(17-14)13-6-10-21-11-13/h6,10-12,14-15,17H,4-5,7-9H2,1-3H3. The fourth-order valence-electron chi connectivity index (χ4n) is 2.50. The first kappa shape index (κ1) is 16.5. The van der Waals surface area contributed by atoms with Gasteiger partial charge in [-0.2, -0.15) is 11.3 Å². The topological polar surface area (TPSA) is 41.6 Å². The summed E-state index contributed by atoms with van der Waals surface area (Å²) in [6.45, 7) is 8.46. The molecule has 1 saturated heterocycles. The van der Waals surface area contributed by atoms with Crippen molar-refractivity contribution in [3.63, 3.8) is 0 Å². The normalized spacial score (nSPS) is 22.5. The number of carbonyl (C=O) groups is 1. The lowest BCUT2D eigenvalue weighted by Crippen LogP contribution is -2.33. The minimum Gasteiger partial charge on any atom is -0.380 e. The van der Waals surface area contributed by atoms with Crippen LogP contribution in [0.2, 0.25) is 0 Å². The van der Waals surface area contributed by atoms with Crippen molar-refractivity contribution in [3.8, 4) is 0 Å². The lowest BCUT2D eigenvalue weighted by molar-refractivity contribution is -0.130. The van der Waals surface area contributed by atoms with Crippen LogP contribution in [0.5, 0.6) is 0 Å². The molecule has 21 heavy (non-hydrogen) atoms. The second-order valence-electron chi connectivity index (χ2n) is 5.91. The third kappa shape index (κ3) is 4.28. The summed E-state index contributed by atoms with van der Waals surface area (Å²) in [6.07, 6.45) is 1.89. The average molecular weight is 310 g/mol. The fourth-order valence-corrected chi connectivity index (χ4v) is 3.18. The van der Waals surface area contributed by atoms with E-state index in [1.54, 1.807) is 11.3 Å². The molecule has 0 aromatic carbocycles. The van der Waals surface area contributed by atoms with Gasteiger partial charge in [-0.3, -0.25) is 10.1 Å². The molecule has 5 heteroatoms. The van der Waals surface area contributed by atoms with Gasteiger partial charge in [0.25, 0.3) is 0 Å². The van der Waals surface area contributed by atoms with Crippen LogP contribution in [0.3, 0.4) is 0 Å². The summed E-state index contributed by atoms with van der Waals surface area (Å²) in [6, 6.07) is 2.02. The van der Waals surface area contributed by atoms with Crippen molar-refractivity contribution in [2.24, 2.45) is 5.92 Å². The number of amides is 1. The molecule has 0 saturated carbocycles. The van der Waals surface area contributed by atoms with Crippen LogP contribution in [-0.4, -0.2) is 36.6 Å². The van der Waals surface area contributed by atoms with Gasteiger partial charge in [0.05, 0.1) is 12.6 Å². The van der Waals surface area contributed by atoms with E-state index in [-0.39, 0.29) is 18.1 Å². The first-order valence-electron chi connectivity index (χ1n) is 7.79. The summed E-state index contributed by atoms with van der Waals surface area (Å²) in [5.41, 5.74) is 1.17. The molecule has 2 atom stereocenters. The van der Waals surface area contributed by atoms with Gasteiger partial charge in [0, 0.05) is 13.2 Å². The molecule has 0 spiro atoms. The van der Waals surface area contributed by atoms with Crippen molar-refractivity contribution in [1.29, 1.82) is 0 Å². The molecule has 1 fully saturated rings. The molecule has 4 nitrogen and oxygen atoms in total. The van der Waals surface area contributed by atoms with E-state index >= 15 is 0 Å². The van der Waals surface area contributed by atoms with Crippen molar-refractivity contribution >= 4 is 17.2 Å². The van der Waals surface area contributed by atoms with Crippen molar-refractivity contribution in [1.82, 2.24) is 10.2 Å². The van der Waals surface area contributed by atoms with Gasteiger partial charge in [-0.05, 0) is 41.1 Å². The SMILES string of the molecule is CCC1NC(c2ccsc2)N(CCOCCC(C)C)C1=O. The van der Waals surface area contributed by atoms with Crippen LogP contribution < -0.4 is 5.32 Å². The van der Waals surface area contributed by atoms with Crippen molar-refractivity contribution in [3.05, 3.63) is 22.4 Å². The van der Waals surface area contributed by atoms with Gasteiger partial charge in [-0.25, -0.2) is 0 Å². The Hall–Kier alpha value is -0.910. The van der Waals surface area contributed by atoms with Crippen LogP contribution in [-0.2, 0) is 9.53 Å². The van der Waals surface area contributed by atoms with E-state index in [2.05, 4.69) is 36.0 Å². The predicted molar refractivity (Wildman–Crippen MR) is 86.3 cm³/mol. The smallest absolute Gasteiger partial charge is 0.241 e. The molecule has 2 unspecified atom stereocenters. The molecule has 0 aliphatic carbocycles. The minimum absolute atomic E-state index is 0.00222. The quantitative estimate of drug-likeness (QED) is 0.751. The van der Waals surface area contributed by atoms with Crippen molar-refractivity contribution in [2.75, 3.05) is 19.8 Å². The second-order valence-corrected chi connectivity index (χ2v) is 6.69. The monoisotopic (exact) mass is 310 g/mol. The van der Waals surface area contributed by atoms with E-state index < -0.39 is 0 Å². The number of nitrogens with one attached hydrogen (secondary N) is 1. The van der Waals surface area contributed by atoms with Crippen molar-refractivity contribution < 1.29 is 9.53 Å². The van der Waals surface area contributed by atoms with Crippen LogP contribution in [0.1, 0.15) is 45.3 Å². The fraction of sp³-hybridized carbons (Fsp3) is 0.688. The van der Waals surface area contributed by atoms with E-state index in [0.29, 0.717) is 19.1 Å². The average Bonchev–Trinajstić information content (AvgIpc) is 3.07. The van der Waals surface area contributed by atoms with Gasteiger partial charge in [0.15, 0.2) is 0 Å². The Morgan fingerprint density at radius 2 is 2.24 bits per heavy atom. The highest BCUT2D eigenvalue weighted by molar-refractivity contribution is 7.07. The number of nitrogens with zero attached hydrogens (tertiary/aromatic N) is 1. The largest absolute Gasteiger partial charge is 0.380 e. The molecule has 1 aromatic heterocycles. The maximum Gasteiger partial charge on any atom is 0.241 e. The Labute approximate surface area is 131 Å². The summed E-state index contributed by atoms with van der Waals surface area (Å²) >= 11 is 1.66. The predicted octanol–water partition coefficient (Wildman–Crippen LogP) is 3.02.